The lowest BCUT2D eigenvalue weighted by Gasteiger charge is -2.26. The number of hydrogen-bond acceptors (Lipinski definition) is 0. The van der Waals surface area contributed by atoms with E-state index in [1.54, 1.807) is 0 Å². The third-order valence-electron chi connectivity index (χ3n) is 3.30. The fourth-order valence-corrected chi connectivity index (χ4v) is 3.89. The van der Waals surface area contributed by atoms with Gasteiger partial charge in [0, 0.05) is 0 Å². The monoisotopic (exact) mass is 258 g/mol. The summed E-state index contributed by atoms with van der Waals surface area (Å²) in [5, 5.41) is 1.66. The minimum atomic E-state index is -1.45. The molecule has 0 aliphatic heterocycles. The van der Waals surface area contributed by atoms with Gasteiger partial charge < -0.3 is 0 Å². The van der Waals surface area contributed by atoms with Crippen LogP contribution in [0.15, 0.2) is 48.8 Å². The number of hydrogen-bond donors (Lipinski definition) is 0. The molecule has 90 valence electrons. The van der Waals surface area contributed by atoms with Crippen molar-refractivity contribution in [3.63, 3.8) is 0 Å². The second kappa shape index (κ2) is 5.19. The molecule has 1 aromatic rings. The first-order valence-corrected chi connectivity index (χ1v) is 10.1. The van der Waals surface area contributed by atoms with E-state index in [9.17, 15) is 0 Å². The van der Waals surface area contributed by atoms with Crippen LogP contribution in [0.5, 0.6) is 0 Å². The van der Waals surface area contributed by atoms with Crippen molar-refractivity contribution in [1.82, 2.24) is 0 Å². The maximum Gasteiger partial charge on any atom is 0.103 e. The Morgan fingerprint density at radius 1 is 1.24 bits per heavy atom. The van der Waals surface area contributed by atoms with Crippen molar-refractivity contribution in [1.29, 1.82) is 0 Å². The first-order valence-electron chi connectivity index (χ1n) is 5.97. The van der Waals surface area contributed by atoms with Crippen molar-refractivity contribution in [2.75, 3.05) is 0 Å². The fraction of sp³-hybridized carbons (Fsp3) is 0.333. The van der Waals surface area contributed by atoms with E-state index in [1.165, 1.54) is 10.8 Å². The van der Waals surface area contributed by atoms with Crippen LogP contribution in [0.3, 0.4) is 0 Å². The molecule has 0 fully saturated rings. The molecule has 1 aromatic carbocycles. The Labute approximate surface area is 109 Å². The summed E-state index contributed by atoms with van der Waals surface area (Å²) in [7, 11) is -0.692. The standard InChI is InChI=1S/C15H22Si2/c1-7-16-15(3,4)13-10-9-11-14(12-13)17(5,6)8-2/h7-12H,1-2H2,3-6H3. The predicted octanol–water partition coefficient (Wildman–Crippen LogP) is 3.41. The van der Waals surface area contributed by atoms with Gasteiger partial charge in [0.15, 0.2) is 0 Å². The van der Waals surface area contributed by atoms with Crippen LogP contribution < -0.4 is 5.19 Å². The Morgan fingerprint density at radius 3 is 2.41 bits per heavy atom. The summed E-state index contributed by atoms with van der Waals surface area (Å²) < 4.78 is 0. The van der Waals surface area contributed by atoms with Crippen molar-refractivity contribution in [2.45, 2.75) is 32.0 Å². The minimum Gasteiger partial charge on any atom is -0.107 e. The fourth-order valence-electron chi connectivity index (χ4n) is 1.77. The average Bonchev–Trinajstić information content (AvgIpc) is 2.29. The van der Waals surface area contributed by atoms with Crippen LogP contribution in [-0.2, 0) is 5.04 Å². The minimum absolute atomic E-state index is 0.198. The van der Waals surface area contributed by atoms with Gasteiger partial charge in [-0.15, -0.1) is 18.9 Å². The Balaban J connectivity index is 3.18. The molecule has 2 radical (unpaired) electrons. The summed E-state index contributed by atoms with van der Waals surface area (Å²) in [4.78, 5) is 0. The van der Waals surface area contributed by atoms with E-state index in [2.05, 4.69) is 70.1 Å². The third-order valence-corrected chi connectivity index (χ3v) is 7.34. The second-order valence-electron chi connectivity index (χ2n) is 5.48. The van der Waals surface area contributed by atoms with Gasteiger partial charge in [-0.05, 0) is 10.6 Å². The maximum absolute atomic E-state index is 3.98. The molecule has 17 heavy (non-hydrogen) atoms. The summed E-state index contributed by atoms with van der Waals surface area (Å²) in [5.74, 6) is 0. The van der Waals surface area contributed by atoms with Gasteiger partial charge in [-0.25, -0.2) is 0 Å². The first kappa shape index (κ1) is 14.2. The Morgan fingerprint density at radius 2 is 1.88 bits per heavy atom. The molecule has 0 aliphatic carbocycles. The summed E-state index contributed by atoms with van der Waals surface area (Å²) in [5.41, 5.74) is 5.59. The zero-order valence-corrected chi connectivity index (χ0v) is 13.4. The summed E-state index contributed by atoms with van der Waals surface area (Å²) in [6.45, 7) is 17.1. The highest BCUT2D eigenvalue weighted by Crippen LogP contribution is 2.21. The van der Waals surface area contributed by atoms with Crippen molar-refractivity contribution >= 4 is 22.8 Å². The molecule has 0 spiro atoms. The molecule has 0 heterocycles. The smallest absolute Gasteiger partial charge is 0.103 e. The Bertz CT molecular complexity index is 417. The van der Waals surface area contributed by atoms with Crippen molar-refractivity contribution < 1.29 is 0 Å². The summed E-state index contributed by atoms with van der Waals surface area (Å²) in [6.07, 6.45) is 0. The van der Waals surface area contributed by atoms with E-state index < -0.39 is 8.07 Å². The largest absolute Gasteiger partial charge is 0.107 e. The van der Waals surface area contributed by atoms with Gasteiger partial charge in [0.2, 0.25) is 0 Å². The highest BCUT2D eigenvalue weighted by molar-refractivity contribution is 6.93. The van der Waals surface area contributed by atoms with Gasteiger partial charge in [0.1, 0.15) is 8.07 Å². The Hall–Kier alpha value is -0.866. The van der Waals surface area contributed by atoms with Gasteiger partial charge in [-0.1, -0.05) is 62.1 Å². The molecule has 0 amide bonds. The van der Waals surface area contributed by atoms with Gasteiger partial charge in [-0.2, -0.15) is 0 Å². The zero-order valence-electron chi connectivity index (χ0n) is 11.4. The van der Waals surface area contributed by atoms with E-state index in [1.807, 2.05) is 5.70 Å². The van der Waals surface area contributed by atoms with E-state index >= 15 is 0 Å². The van der Waals surface area contributed by atoms with Crippen molar-refractivity contribution in [3.8, 4) is 0 Å². The highest BCUT2D eigenvalue weighted by Gasteiger charge is 2.24. The summed E-state index contributed by atoms with van der Waals surface area (Å²) in [6, 6.07) is 9.01. The summed E-state index contributed by atoms with van der Waals surface area (Å²) >= 11 is 0. The average molecular weight is 259 g/mol. The lowest BCUT2D eigenvalue weighted by Crippen LogP contribution is -2.40. The first-order chi connectivity index (χ1) is 7.83. The molecule has 0 aromatic heterocycles. The lowest BCUT2D eigenvalue weighted by molar-refractivity contribution is 0.756. The molecule has 0 saturated heterocycles. The SMILES string of the molecule is C=C[Si]C(C)(C)c1cccc([Si](C)(C)C=C)c1. The van der Waals surface area contributed by atoms with E-state index in [0.717, 1.165) is 9.52 Å². The van der Waals surface area contributed by atoms with Crippen LogP contribution in [0.4, 0.5) is 0 Å². The van der Waals surface area contributed by atoms with E-state index in [0.29, 0.717) is 0 Å². The van der Waals surface area contributed by atoms with E-state index in [4.69, 9.17) is 0 Å². The molecule has 1 rings (SSSR count). The molecule has 2 heteroatoms. The quantitative estimate of drug-likeness (QED) is 0.710. The lowest BCUT2D eigenvalue weighted by atomic mass is 10.0. The molecule has 0 bridgehead atoms. The topological polar surface area (TPSA) is 0 Å². The normalized spacial score (nSPS) is 12.2. The van der Waals surface area contributed by atoms with Gasteiger partial charge in [-0.3, -0.25) is 0 Å². The second-order valence-corrected chi connectivity index (χ2v) is 11.9. The van der Waals surface area contributed by atoms with Crippen LogP contribution in [0.25, 0.3) is 0 Å². The Kier molecular flexibility index (Phi) is 4.33. The molecule has 0 nitrogen and oxygen atoms in total. The van der Waals surface area contributed by atoms with Crippen LogP contribution in [0, 0.1) is 0 Å². The zero-order chi connectivity index (χ0) is 13.1. The van der Waals surface area contributed by atoms with Crippen LogP contribution >= 0.6 is 0 Å². The molecular formula is C15H22Si2. The van der Waals surface area contributed by atoms with Crippen LogP contribution in [0.2, 0.25) is 13.1 Å². The number of benzene rings is 1. The molecule has 0 unspecified atom stereocenters. The molecule has 0 saturated carbocycles. The van der Waals surface area contributed by atoms with Gasteiger partial charge in [0.05, 0.1) is 9.52 Å². The van der Waals surface area contributed by atoms with Crippen LogP contribution in [-0.4, -0.2) is 17.6 Å². The molecule has 0 N–H and O–H groups in total. The van der Waals surface area contributed by atoms with Gasteiger partial charge >= 0.3 is 0 Å². The van der Waals surface area contributed by atoms with Crippen LogP contribution in [0.1, 0.15) is 19.4 Å². The third kappa shape index (κ3) is 3.30. The molecular weight excluding hydrogens is 236 g/mol. The van der Waals surface area contributed by atoms with Crippen molar-refractivity contribution in [2.24, 2.45) is 0 Å². The predicted molar refractivity (Wildman–Crippen MR) is 82.7 cm³/mol. The molecule has 0 aliphatic rings. The van der Waals surface area contributed by atoms with E-state index in [-0.39, 0.29) is 5.04 Å². The highest BCUT2D eigenvalue weighted by atomic mass is 28.3. The van der Waals surface area contributed by atoms with Crippen molar-refractivity contribution in [3.05, 3.63) is 54.4 Å². The molecule has 0 atom stereocenters. The number of rotatable bonds is 5. The maximum atomic E-state index is 3.98. The van der Waals surface area contributed by atoms with Gasteiger partial charge in [0.25, 0.3) is 0 Å².